The van der Waals surface area contributed by atoms with Gasteiger partial charge in [-0.3, -0.25) is 0 Å². The Morgan fingerprint density at radius 2 is 2.19 bits per heavy atom. The number of likely N-dealkylation sites (tertiary alicyclic amines) is 1. The van der Waals surface area contributed by atoms with Gasteiger partial charge in [-0.1, -0.05) is 6.07 Å². The summed E-state index contributed by atoms with van der Waals surface area (Å²) >= 11 is 0. The molecule has 27 heavy (non-hydrogen) atoms. The second-order valence-corrected chi connectivity index (χ2v) is 6.49. The average Bonchev–Trinajstić information content (AvgIpc) is 3.17. The highest BCUT2D eigenvalue weighted by Crippen LogP contribution is 2.28. The van der Waals surface area contributed by atoms with Gasteiger partial charge in [0.2, 0.25) is 0 Å². The minimum atomic E-state index is -0.0264. The molecule has 7 heteroatoms. The highest BCUT2D eigenvalue weighted by atomic mass is 16.5. The van der Waals surface area contributed by atoms with Crippen LogP contribution in [0.15, 0.2) is 23.2 Å². The topological polar surface area (TPSA) is 75.6 Å². The van der Waals surface area contributed by atoms with Crippen LogP contribution in [0.1, 0.15) is 25.8 Å². The van der Waals surface area contributed by atoms with Crippen LogP contribution in [0.2, 0.25) is 0 Å². The van der Waals surface area contributed by atoms with Crippen molar-refractivity contribution >= 4 is 5.96 Å². The number of benzene rings is 1. The van der Waals surface area contributed by atoms with Crippen LogP contribution in [0.5, 0.6) is 11.5 Å². The van der Waals surface area contributed by atoms with E-state index in [0.717, 1.165) is 50.8 Å². The van der Waals surface area contributed by atoms with Crippen LogP contribution in [0.4, 0.5) is 0 Å². The summed E-state index contributed by atoms with van der Waals surface area (Å²) in [5.74, 6) is 2.79. The van der Waals surface area contributed by atoms with Gasteiger partial charge in [0.25, 0.3) is 0 Å². The van der Waals surface area contributed by atoms with E-state index in [4.69, 9.17) is 24.3 Å². The summed E-state index contributed by atoms with van der Waals surface area (Å²) in [6.07, 6.45) is 1.13. The molecule has 0 saturated carbocycles. The van der Waals surface area contributed by atoms with Crippen molar-refractivity contribution in [1.29, 1.82) is 0 Å². The third kappa shape index (κ3) is 6.59. The predicted molar refractivity (Wildman–Crippen MR) is 107 cm³/mol. The summed E-state index contributed by atoms with van der Waals surface area (Å²) in [6, 6.07) is 5.77. The van der Waals surface area contributed by atoms with Crippen molar-refractivity contribution < 1.29 is 19.3 Å². The molecule has 1 aliphatic rings. The van der Waals surface area contributed by atoms with E-state index in [9.17, 15) is 0 Å². The van der Waals surface area contributed by atoms with E-state index in [2.05, 4.69) is 17.1 Å². The van der Waals surface area contributed by atoms with Gasteiger partial charge < -0.3 is 29.5 Å². The molecule has 0 radical (unpaired) electrons. The van der Waals surface area contributed by atoms with Gasteiger partial charge >= 0.3 is 0 Å². The number of hydrogen-bond donors (Lipinski definition) is 2. The van der Waals surface area contributed by atoms with Gasteiger partial charge in [0.1, 0.15) is 6.61 Å². The van der Waals surface area contributed by atoms with Crippen molar-refractivity contribution in [3.05, 3.63) is 23.8 Å². The van der Waals surface area contributed by atoms with Gasteiger partial charge in [-0.25, -0.2) is 4.99 Å². The highest BCUT2D eigenvalue weighted by Gasteiger charge is 2.24. The van der Waals surface area contributed by atoms with Gasteiger partial charge in [0, 0.05) is 32.2 Å². The molecule has 1 aliphatic heterocycles. The zero-order valence-corrected chi connectivity index (χ0v) is 16.7. The fourth-order valence-corrected chi connectivity index (χ4v) is 3.12. The zero-order chi connectivity index (χ0) is 19.5. The highest BCUT2D eigenvalue weighted by molar-refractivity contribution is 5.80. The summed E-state index contributed by atoms with van der Waals surface area (Å²) < 4.78 is 16.4. The average molecular weight is 380 g/mol. The van der Waals surface area contributed by atoms with Gasteiger partial charge in [-0.2, -0.15) is 0 Å². The van der Waals surface area contributed by atoms with Crippen LogP contribution in [-0.2, 0) is 11.3 Å². The van der Waals surface area contributed by atoms with Gasteiger partial charge in [-0.15, -0.1) is 0 Å². The Bertz CT molecular complexity index is 595. The molecular formula is C20H33N3O4. The Hall–Kier alpha value is -1.99. The lowest BCUT2D eigenvalue weighted by atomic mass is 10.1. The molecule has 0 spiro atoms. The molecule has 1 atom stereocenters. The van der Waals surface area contributed by atoms with E-state index in [-0.39, 0.29) is 13.2 Å². The predicted octanol–water partition coefficient (Wildman–Crippen LogP) is 1.89. The Labute approximate surface area is 162 Å². The first-order chi connectivity index (χ1) is 13.2. The maximum absolute atomic E-state index is 8.91. The molecule has 152 valence electrons. The van der Waals surface area contributed by atoms with E-state index < -0.39 is 0 Å². The van der Waals surface area contributed by atoms with Crippen molar-refractivity contribution in [2.75, 3.05) is 53.2 Å². The third-order valence-electron chi connectivity index (χ3n) is 4.47. The molecule has 0 aliphatic carbocycles. The first-order valence-electron chi connectivity index (χ1n) is 9.73. The van der Waals surface area contributed by atoms with E-state index >= 15 is 0 Å². The Kier molecular flexibility index (Phi) is 9.21. The van der Waals surface area contributed by atoms with Crippen LogP contribution in [0.3, 0.4) is 0 Å². The Balaban J connectivity index is 2.01. The fraction of sp³-hybridized carbons (Fsp3) is 0.650. The standard InChI is InChI=1S/C20H33N3O4/c1-4-21-20(23-9-8-17(14-23)15-26-5-2)22-13-16-6-7-18(27-11-10-24)19(12-16)25-3/h6-7,12,17,24H,4-5,8-11,13-15H2,1-3H3,(H,21,22). The lowest BCUT2D eigenvalue weighted by molar-refractivity contribution is 0.114. The molecule has 2 N–H and O–H groups in total. The van der Waals surface area contributed by atoms with Crippen LogP contribution < -0.4 is 14.8 Å². The quantitative estimate of drug-likeness (QED) is 0.478. The van der Waals surface area contributed by atoms with Crippen molar-refractivity contribution in [3.8, 4) is 11.5 Å². The number of ether oxygens (including phenoxy) is 3. The molecular weight excluding hydrogens is 346 g/mol. The van der Waals surface area contributed by atoms with Crippen LogP contribution >= 0.6 is 0 Å². The second-order valence-electron chi connectivity index (χ2n) is 6.49. The number of nitrogens with zero attached hydrogens (tertiary/aromatic N) is 2. The number of aliphatic imine (C=N–C) groups is 1. The zero-order valence-electron chi connectivity index (χ0n) is 16.7. The first kappa shape index (κ1) is 21.3. The molecule has 1 fully saturated rings. The number of aliphatic hydroxyl groups is 1. The molecule has 1 aromatic carbocycles. The fourth-order valence-electron chi connectivity index (χ4n) is 3.12. The Morgan fingerprint density at radius 3 is 2.89 bits per heavy atom. The van der Waals surface area contributed by atoms with Gasteiger partial charge in [-0.05, 0) is 38.0 Å². The van der Waals surface area contributed by atoms with Crippen LogP contribution in [0, 0.1) is 5.92 Å². The minimum absolute atomic E-state index is 0.0264. The van der Waals surface area contributed by atoms with Crippen LogP contribution in [-0.4, -0.2) is 69.1 Å². The lowest BCUT2D eigenvalue weighted by Gasteiger charge is -2.21. The van der Waals surface area contributed by atoms with Gasteiger partial charge in [0.15, 0.2) is 17.5 Å². The molecule has 2 rings (SSSR count). The van der Waals surface area contributed by atoms with Crippen molar-refractivity contribution in [2.45, 2.75) is 26.8 Å². The van der Waals surface area contributed by atoms with E-state index in [1.807, 2.05) is 25.1 Å². The summed E-state index contributed by atoms with van der Waals surface area (Å²) in [7, 11) is 1.61. The SMILES string of the molecule is CCNC(=NCc1ccc(OCCO)c(OC)c1)N1CCC(COCC)C1. The monoisotopic (exact) mass is 379 g/mol. The summed E-state index contributed by atoms with van der Waals surface area (Å²) in [4.78, 5) is 7.11. The van der Waals surface area contributed by atoms with E-state index in [0.29, 0.717) is 24.0 Å². The smallest absolute Gasteiger partial charge is 0.194 e. The number of methoxy groups -OCH3 is 1. The van der Waals surface area contributed by atoms with Crippen molar-refractivity contribution in [3.63, 3.8) is 0 Å². The summed E-state index contributed by atoms with van der Waals surface area (Å²) in [5, 5.41) is 12.3. The van der Waals surface area contributed by atoms with E-state index in [1.165, 1.54) is 0 Å². The minimum Gasteiger partial charge on any atom is -0.493 e. The maximum Gasteiger partial charge on any atom is 0.194 e. The normalized spacial score (nSPS) is 17.3. The molecule has 1 saturated heterocycles. The molecule has 0 bridgehead atoms. The summed E-state index contributed by atoms with van der Waals surface area (Å²) in [6.45, 7) is 9.30. The van der Waals surface area contributed by atoms with E-state index in [1.54, 1.807) is 7.11 Å². The number of hydrogen-bond acceptors (Lipinski definition) is 5. The number of guanidine groups is 1. The Morgan fingerprint density at radius 1 is 1.33 bits per heavy atom. The molecule has 7 nitrogen and oxygen atoms in total. The van der Waals surface area contributed by atoms with Gasteiger partial charge in [0.05, 0.1) is 26.9 Å². The molecule has 0 aromatic heterocycles. The molecule has 1 heterocycles. The maximum atomic E-state index is 8.91. The second kappa shape index (κ2) is 11.7. The largest absolute Gasteiger partial charge is 0.493 e. The van der Waals surface area contributed by atoms with Crippen LogP contribution in [0.25, 0.3) is 0 Å². The number of aliphatic hydroxyl groups excluding tert-OH is 1. The molecule has 0 amide bonds. The van der Waals surface area contributed by atoms with Crippen molar-refractivity contribution in [2.24, 2.45) is 10.9 Å². The third-order valence-corrected chi connectivity index (χ3v) is 4.47. The van der Waals surface area contributed by atoms with Crippen molar-refractivity contribution in [1.82, 2.24) is 10.2 Å². The lowest BCUT2D eigenvalue weighted by Crippen LogP contribution is -2.40. The first-order valence-corrected chi connectivity index (χ1v) is 9.73. The molecule has 1 aromatic rings. The summed E-state index contributed by atoms with van der Waals surface area (Å²) in [5.41, 5.74) is 1.05. The number of nitrogens with one attached hydrogen (secondary N) is 1. The molecule has 1 unspecified atom stereocenters. The number of rotatable bonds is 10.